The van der Waals surface area contributed by atoms with Crippen LogP contribution in [-0.4, -0.2) is 52.8 Å². The molecule has 7 heteroatoms. The van der Waals surface area contributed by atoms with Crippen LogP contribution < -0.4 is 9.64 Å². The fraction of sp³-hybridized carbons (Fsp3) is 0.350. The number of pyridine rings is 1. The van der Waals surface area contributed by atoms with Gasteiger partial charge >= 0.3 is 0 Å². The zero-order valence-electron chi connectivity index (χ0n) is 15.6. The Labute approximate surface area is 158 Å². The number of hydrogen-bond acceptors (Lipinski definition) is 7. The zero-order chi connectivity index (χ0) is 18.6. The molecule has 2 aromatic heterocycles. The van der Waals surface area contributed by atoms with Gasteiger partial charge in [0.15, 0.2) is 0 Å². The Morgan fingerprint density at radius 3 is 2.85 bits per heavy atom. The summed E-state index contributed by atoms with van der Waals surface area (Å²) in [5.74, 6) is 2.03. The van der Waals surface area contributed by atoms with Crippen LogP contribution in [0.2, 0.25) is 0 Å². The van der Waals surface area contributed by atoms with E-state index >= 15 is 0 Å². The largest absolute Gasteiger partial charge is 0.485 e. The molecule has 1 atom stereocenters. The SMILES string of the molecule is CCN1C[C@@H](CN(C)Cc2nc(-c3ccccn3)no2)Oc2ccccc21. The molecule has 0 amide bonds. The first-order valence-electron chi connectivity index (χ1n) is 9.16. The molecule has 27 heavy (non-hydrogen) atoms. The van der Waals surface area contributed by atoms with Crippen LogP contribution in [0.25, 0.3) is 11.5 Å². The Hall–Kier alpha value is -2.93. The highest BCUT2D eigenvalue weighted by molar-refractivity contribution is 5.60. The van der Waals surface area contributed by atoms with E-state index in [4.69, 9.17) is 9.26 Å². The van der Waals surface area contributed by atoms with Gasteiger partial charge in [0.05, 0.1) is 18.8 Å². The molecule has 0 N–H and O–H groups in total. The van der Waals surface area contributed by atoms with Crippen molar-refractivity contribution in [2.75, 3.05) is 31.6 Å². The fourth-order valence-electron chi connectivity index (χ4n) is 3.33. The van der Waals surface area contributed by atoms with Gasteiger partial charge in [-0.1, -0.05) is 23.4 Å². The second-order valence-electron chi connectivity index (χ2n) is 6.67. The van der Waals surface area contributed by atoms with Gasteiger partial charge in [-0.05, 0) is 38.2 Å². The number of ether oxygens (including phenoxy) is 1. The normalized spacial score (nSPS) is 16.3. The summed E-state index contributed by atoms with van der Waals surface area (Å²) in [5, 5.41) is 4.03. The molecular formula is C20H23N5O2. The predicted octanol–water partition coefficient (Wildman–Crippen LogP) is 2.85. The summed E-state index contributed by atoms with van der Waals surface area (Å²) in [5.41, 5.74) is 1.87. The highest BCUT2D eigenvalue weighted by Gasteiger charge is 2.26. The lowest BCUT2D eigenvalue weighted by atomic mass is 10.2. The molecule has 0 bridgehead atoms. The third kappa shape index (κ3) is 3.93. The molecule has 0 saturated carbocycles. The number of nitrogens with zero attached hydrogens (tertiary/aromatic N) is 5. The van der Waals surface area contributed by atoms with Crippen molar-refractivity contribution in [3.05, 3.63) is 54.6 Å². The maximum Gasteiger partial charge on any atom is 0.241 e. The number of anilines is 1. The van der Waals surface area contributed by atoms with Crippen LogP contribution in [-0.2, 0) is 6.54 Å². The van der Waals surface area contributed by atoms with Gasteiger partial charge in [-0.3, -0.25) is 9.88 Å². The van der Waals surface area contributed by atoms with Crippen LogP contribution in [0.3, 0.4) is 0 Å². The number of para-hydroxylation sites is 2. The Bertz CT molecular complexity index is 883. The highest BCUT2D eigenvalue weighted by Crippen LogP contribution is 2.32. The molecule has 3 aromatic rings. The first kappa shape index (κ1) is 17.5. The van der Waals surface area contributed by atoms with Crippen molar-refractivity contribution < 1.29 is 9.26 Å². The molecule has 0 unspecified atom stereocenters. The van der Waals surface area contributed by atoms with E-state index in [0.717, 1.165) is 31.1 Å². The lowest BCUT2D eigenvalue weighted by molar-refractivity contribution is 0.133. The second kappa shape index (κ2) is 7.75. The van der Waals surface area contributed by atoms with Crippen LogP contribution >= 0.6 is 0 Å². The Kier molecular flexibility index (Phi) is 5.02. The standard InChI is InChI=1S/C20H23N5O2/c1-3-25-13-15(26-18-10-5-4-9-17(18)25)12-24(2)14-19-22-20(23-27-19)16-8-6-7-11-21-16/h4-11,15H,3,12-14H2,1-2H3/t15-/m1/s1. The van der Waals surface area contributed by atoms with Crippen LogP contribution in [0.5, 0.6) is 5.75 Å². The molecule has 140 valence electrons. The van der Waals surface area contributed by atoms with Crippen LogP contribution in [0.1, 0.15) is 12.8 Å². The summed E-state index contributed by atoms with van der Waals surface area (Å²) in [7, 11) is 2.03. The molecule has 1 aliphatic rings. The number of benzene rings is 1. The molecule has 0 aliphatic carbocycles. The summed E-state index contributed by atoms with van der Waals surface area (Å²) in [6.07, 6.45) is 1.80. The number of likely N-dealkylation sites (N-methyl/N-ethyl adjacent to an activating group) is 2. The van der Waals surface area contributed by atoms with Gasteiger partial charge < -0.3 is 14.2 Å². The van der Waals surface area contributed by atoms with E-state index in [2.05, 4.69) is 37.9 Å². The smallest absolute Gasteiger partial charge is 0.241 e. The minimum Gasteiger partial charge on any atom is -0.485 e. The topological polar surface area (TPSA) is 67.5 Å². The van der Waals surface area contributed by atoms with Gasteiger partial charge in [0.2, 0.25) is 11.7 Å². The average molecular weight is 365 g/mol. The molecule has 1 aromatic carbocycles. The fourth-order valence-corrected chi connectivity index (χ4v) is 3.33. The van der Waals surface area contributed by atoms with Crippen molar-refractivity contribution in [1.82, 2.24) is 20.0 Å². The van der Waals surface area contributed by atoms with Crippen LogP contribution in [0.15, 0.2) is 53.2 Å². The van der Waals surface area contributed by atoms with Crippen molar-refractivity contribution in [3.8, 4) is 17.3 Å². The second-order valence-corrected chi connectivity index (χ2v) is 6.67. The van der Waals surface area contributed by atoms with Gasteiger partial charge in [-0.2, -0.15) is 4.98 Å². The lowest BCUT2D eigenvalue weighted by Gasteiger charge is -2.37. The van der Waals surface area contributed by atoms with E-state index in [-0.39, 0.29) is 6.10 Å². The minimum absolute atomic E-state index is 0.0861. The molecule has 0 spiro atoms. The summed E-state index contributed by atoms with van der Waals surface area (Å²) in [6.45, 7) is 5.32. The van der Waals surface area contributed by atoms with Gasteiger partial charge in [-0.15, -0.1) is 0 Å². The molecule has 7 nitrogen and oxygen atoms in total. The maximum absolute atomic E-state index is 6.19. The van der Waals surface area contributed by atoms with E-state index in [1.807, 2.05) is 43.4 Å². The van der Waals surface area contributed by atoms with Crippen molar-refractivity contribution in [2.45, 2.75) is 19.6 Å². The first-order valence-corrected chi connectivity index (χ1v) is 9.16. The summed E-state index contributed by atoms with van der Waals surface area (Å²) in [4.78, 5) is 13.2. The van der Waals surface area contributed by atoms with Crippen molar-refractivity contribution in [1.29, 1.82) is 0 Å². The lowest BCUT2D eigenvalue weighted by Crippen LogP contribution is -2.45. The minimum atomic E-state index is 0.0861. The maximum atomic E-state index is 6.19. The Morgan fingerprint density at radius 2 is 2.04 bits per heavy atom. The molecule has 3 heterocycles. The molecule has 4 rings (SSSR count). The van der Waals surface area contributed by atoms with Gasteiger partial charge in [-0.25, -0.2) is 0 Å². The van der Waals surface area contributed by atoms with Gasteiger partial charge in [0, 0.05) is 19.3 Å². The third-order valence-electron chi connectivity index (χ3n) is 4.59. The Balaban J connectivity index is 1.39. The van der Waals surface area contributed by atoms with Crippen molar-refractivity contribution in [3.63, 3.8) is 0 Å². The van der Waals surface area contributed by atoms with E-state index < -0.39 is 0 Å². The first-order chi connectivity index (χ1) is 13.2. The number of rotatable bonds is 6. The quantitative estimate of drug-likeness (QED) is 0.665. The van der Waals surface area contributed by atoms with Crippen LogP contribution in [0.4, 0.5) is 5.69 Å². The Morgan fingerprint density at radius 1 is 1.19 bits per heavy atom. The summed E-state index contributed by atoms with van der Waals surface area (Å²) < 4.78 is 11.6. The van der Waals surface area contributed by atoms with E-state index in [9.17, 15) is 0 Å². The molecule has 1 aliphatic heterocycles. The summed E-state index contributed by atoms with van der Waals surface area (Å²) >= 11 is 0. The van der Waals surface area contributed by atoms with E-state index in [0.29, 0.717) is 24.0 Å². The predicted molar refractivity (Wildman–Crippen MR) is 103 cm³/mol. The molecule has 0 fully saturated rings. The third-order valence-corrected chi connectivity index (χ3v) is 4.59. The molecule has 0 radical (unpaired) electrons. The van der Waals surface area contributed by atoms with Crippen molar-refractivity contribution >= 4 is 5.69 Å². The van der Waals surface area contributed by atoms with E-state index in [1.165, 1.54) is 0 Å². The van der Waals surface area contributed by atoms with Crippen molar-refractivity contribution in [2.24, 2.45) is 0 Å². The van der Waals surface area contributed by atoms with Crippen LogP contribution in [0, 0.1) is 0 Å². The molecule has 0 saturated heterocycles. The van der Waals surface area contributed by atoms with E-state index in [1.54, 1.807) is 6.20 Å². The van der Waals surface area contributed by atoms with Gasteiger partial charge in [0.1, 0.15) is 17.5 Å². The number of fused-ring (bicyclic) bond motifs is 1. The highest BCUT2D eigenvalue weighted by atomic mass is 16.5. The molecular weight excluding hydrogens is 342 g/mol. The zero-order valence-corrected chi connectivity index (χ0v) is 15.6. The number of hydrogen-bond donors (Lipinski definition) is 0. The number of aromatic nitrogens is 3. The monoisotopic (exact) mass is 365 g/mol. The average Bonchev–Trinajstić information content (AvgIpc) is 3.16. The summed E-state index contributed by atoms with van der Waals surface area (Å²) in [6, 6.07) is 13.8. The van der Waals surface area contributed by atoms with Gasteiger partial charge in [0.25, 0.3) is 0 Å².